The Labute approximate surface area is 169 Å². The standard InChI is InChI=1S/C23H24N4O2/c1-14-8-9-17-21(28)19(13-18-16-7-6-10-24-23(16)26-25-18)29-22(17)20(14)15(2)27-11-4-3-5-12-27/h6-10,13,15H,3-5,11-12H2,1-2H3,(H,24,25,26)/b19-13-. The maximum atomic E-state index is 13.1. The molecule has 4 heterocycles. The first-order valence-electron chi connectivity index (χ1n) is 10.2. The lowest BCUT2D eigenvalue weighted by atomic mass is 9.95. The molecule has 29 heavy (non-hydrogen) atoms. The number of pyridine rings is 1. The molecular weight excluding hydrogens is 364 g/mol. The number of fused-ring (bicyclic) bond motifs is 2. The number of likely N-dealkylation sites (tertiary alicyclic amines) is 1. The van der Waals surface area contributed by atoms with E-state index in [0.29, 0.717) is 28.4 Å². The minimum absolute atomic E-state index is 0.0906. The number of carbonyl (C=O) groups excluding carboxylic acids is 1. The Kier molecular flexibility index (Phi) is 4.43. The van der Waals surface area contributed by atoms with Crippen LogP contribution in [0, 0.1) is 6.92 Å². The molecule has 148 valence electrons. The summed E-state index contributed by atoms with van der Waals surface area (Å²) >= 11 is 0. The van der Waals surface area contributed by atoms with Crippen molar-refractivity contribution in [1.29, 1.82) is 0 Å². The lowest BCUT2D eigenvalue weighted by molar-refractivity contribution is 0.101. The van der Waals surface area contributed by atoms with Crippen molar-refractivity contribution >= 4 is 22.9 Å². The number of hydrogen-bond donors (Lipinski definition) is 1. The fourth-order valence-electron chi connectivity index (χ4n) is 4.49. The van der Waals surface area contributed by atoms with Crippen molar-refractivity contribution in [2.75, 3.05) is 13.1 Å². The zero-order valence-electron chi connectivity index (χ0n) is 16.7. The third kappa shape index (κ3) is 3.04. The molecule has 2 aliphatic rings. The van der Waals surface area contributed by atoms with Crippen LogP contribution in [0.1, 0.15) is 59.4 Å². The number of ketones is 1. The third-order valence-electron chi connectivity index (χ3n) is 6.08. The summed E-state index contributed by atoms with van der Waals surface area (Å²) in [6.07, 6.45) is 7.17. The van der Waals surface area contributed by atoms with E-state index in [4.69, 9.17) is 4.74 Å². The van der Waals surface area contributed by atoms with E-state index >= 15 is 0 Å². The van der Waals surface area contributed by atoms with Crippen LogP contribution in [0.5, 0.6) is 5.75 Å². The molecule has 6 heteroatoms. The number of hydrogen-bond acceptors (Lipinski definition) is 5. The Balaban J connectivity index is 1.53. The Bertz CT molecular complexity index is 1130. The number of allylic oxidation sites excluding steroid dienone is 1. The average molecular weight is 388 g/mol. The van der Waals surface area contributed by atoms with Crippen LogP contribution in [-0.4, -0.2) is 39.0 Å². The van der Waals surface area contributed by atoms with Gasteiger partial charge in [-0.1, -0.05) is 12.5 Å². The molecule has 3 aromatic rings. The molecule has 1 saturated heterocycles. The molecule has 1 unspecified atom stereocenters. The van der Waals surface area contributed by atoms with Gasteiger partial charge in [0.15, 0.2) is 11.4 Å². The van der Waals surface area contributed by atoms with Crippen molar-refractivity contribution in [3.63, 3.8) is 0 Å². The van der Waals surface area contributed by atoms with Crippen molar-refractivity contribution < 1.29 is 9.53 Å². The van der Waals surface area contributed by atoms with Gasteiger partial charge in [0.2, 0.25) is 5.78 Å². The molecule has 1 atom stereocenters. The minimum Gasteiger partial charge on any atom is -0.452 e. The first kappa shape index (κ1) is 18.1. The zero-order chi connectivity index (χ0) is 20.0. The summed E-state index contributed by atoms with van der Waals surface area (Å²) in [7, 11) is 0. The maximum absolute atomic E-state index is 13.1. The average Bonchev–Trinajstić information content (AvgIpc) is 3.30. The number of Topliss-reactive ketones (excluding diaryl/α,β-unsaturated/α-hetero) is 1. The first-order chi connectivity index (χ1) is 14.1. The van der Waals surface area contributed by atoms with E-state index in [0.717, 1.165) is 29.6 Å². The minimum atomic E-state index is -0.0906. The van der Waals surface area contributed by atoms with Gasteiger partial charge in [0, 0.05) is 29.3 Å². The van der Waals surface area contributed by atoms with Gasteiger partial charge in [-0.05, 0) is 63.5 Å². The van der Waals surface area contributed by atoms with Gasteiger partial charge in [-0.2, -0.15) is 5.10 Å². The highest BCUT2D eigenvalue weighted by Gasteiger charge is 2.33. The molecule has 2 aliphatic heterocycles. The van der Waals surface area contributed by atoms with E-state index in [1.54, 1.807) is 12.3 Å². The molecule has 0 saturated carbocycles. The second kappa shape index (κ2) is 7.12. The number of aryl methyl sites for hydroxylation is 1. The van der Waals surface area contributed by atoms with Gasteiger partial charge in [-0.25, -0.2) is 4.98 Å². The van der Waals surface area contributed by atoms with Gasteiger partial charge in [0.25, 0.3) is 0 Å². The summed E-state index contributed by atoms with van der Waals surface area (Å²) in [5.41, 5.74) is 4.27. The fraction of sp³-hybridized carbons (Fsp3) is 0.348. The highest BCUT2D eigenvalue weighted by atomic mass is 16.5. The first-order valence-corrected chi connectivity index (χ1v) is 10.2. The Morgan fingerprint density at radius 1 is 1.21 bits per heavy atom. The number of aromatic amines is 1. The van der Waals surface area contributed by atoms with Gasteiger partial charge in [0.05, 0.1) is 11.3 Å². The number of benzene rings is 1. The molecule has 5 rings (SSSR count). The van der Waals surface area contributed by atoms with Gasteiger partial charge in [0.1, 0.15) is 5.75 Å². The fourth-order valence-corrected chi connectivity index (χ4v) is 4.49. The number of H-pyrrole nitrogens is 1. The normalized spacial score (nSPS) is 19.5. The second-order valence-corrected chi connectivity index (χ2v) is 7.89. The maximum Gasteiger partial charge on any atom is 0.232 e. The molecule has 6 nitrogen and oxygen atoms in total. The van der Waals surface area contributed by atoms with Gasteiger partial charge >= 0.3 is 0 Å². The smallest absolute Gasteiger partial charge is 0.232 e. The molecule has 0 radical (unpaired) electrons. The number of rotatable bonds is 3. The number of aromatic nitrogens is 3. The number of carbonyl (C=O) groups is 1. The number of nitrogens with one attached hydrogen (secondary N) is 1. The topological polar surface area (TPSA) is 71.1 Å². The molecule has 0 aliphatic carbocycles. The predicted molar refractivity (Wildman–Crippen MR) is 112 cm³/mol. The van der Waals surface area contributed by atoms with Crippen LogP contribution in [0.25, 0.3) is 17.1 Å². The van der Waals surface area contributed by atoms with Crippen molar-refractivity contribution in [1.82, 2.24) is 20.1 Å². The lowest BCUT2D eigenvalue weighted by Gasteiger charge is -2.33. The predicted octanol–water partition coefficient (Wildman–Crippen LogP) is 4.43. The van der Waals surface area contributed by atoms with Crippen LogP contribution in [0.15, 0.2) is 36.2 Å². The van der Waals surface area contributed by atoms with Crippen LogP contribution in [-0.2, 0) is 0 Å². The zero-order valence-corrected chi connectivity index (χ0v) is 16.7. The van der Waals surface area contributed by atoms with Gasteiger partial charge in [-0.15, -0.1) is 0 Å². The Morgan fingerprint density at radius 2 is 2.03 bits per heavy atom. The van der Waals surface area contributed by atoms with E-state index in [2.05, 4.69) is 33.9 Å². The number of ether oxygens (including phenoxy) is 1. The van der Waals surface area contributed by atoms with Crippen LogP contribution < -0.4 is 4.74 Å². The van der Waals surface area contributed by atoms with Crippen LogP contribution >= 0.6 is 0 Å². The summed E-state index contributed by atoms with van der Waals surface area (Å²) in [6.45, 7) is 6.50. The third-order valence-corrected chi connectivity index (χ3v) is 6.08. The second-order valence-electron chi connectivity index (χ2n) is 7.89. The summed E-state index contributed by atoms with van der Waals surface area (Å²) in [5, 5.41) is 8.07. The van der Waals surface area contributed by atoms with Crippen molar-refractivity contribution in [3.05, 3.63) is 58.6 Å². The lowest BCUT2D eigenvalue weighted by Crippen LogP contribution is -2.32. The largest absolute Gasteiger partial charge is 0.452 e. The summed E-state index contributed by atoms with van der Waals surface area (Å²) in [6, 6.07) is 7.91. The molecule has 0 bridgehead atoms. The molecule has 1 N–H and O–H groups in total. The van der Waals surface area contributed by atoms with E-state index in [9.17, 15) is 4.79 Å². The van der Waals surface area contributed by atoms with Crippen LogP contribution in [0.3, 0.4) is 0 Å². The van der Waals surface area contributed by atoms with E-state index in [1.807, 2.05) is 24.3 Å². The van der Waals surface area contributed by atoms with E-state index in [-0.39, 0.29) is 11.8 Å². The number of nitrogens with zero attached hydrogens (tertiary/aromatic N) is 3. The molecule has 2 aromatic heterocycles. The van der Waals surface area contributed by atoms with Crippen LogP contribution in [0.2, 0.25) is 0 Å². The monoisotopic (exact) mass is 388 g/mol. The Hall–Kier alpha value is -2.99. The highest BCUT2D eigenvalue weighted by Crippen LogP contribution is 2.42. The van der Waals surface area contributed by atoms with E-state index < -0.39 is 0 Å². The molecule has 1 fully saturated rings. The summed E-state index contributed by atoms with van der Waals surface area (Å²) in [4.78, 5) is 19.8. The van der Waals surface area contributed by atoms with Crippen molar-refractivity contribution in [2.45, 2.75) is 39.2 Å². The quantitative estimate of drug-likeness (QED) is 0.672. The van der Waals surface area contributed by atoms with Gasteiger partial charge in [-0.3, -0.25) is 14.8 Å². The Morgan fingerprint density at radius 3 is 2.86 bits per heavy atom. The highest BCUT2D eigenvalue weighted by molar-refractivity contribution is 6.15. The summed E-state index contributed by atoms with van der Waals surface area (Å²) < 4.78 is 6.18. The molecule has 0 amide bonds. The van der Waals surface area contributed by atoms with E-state index in [1.165, 1.54) is 19.3 Å². The molecule has 1 aromatic carbocycles. The molecule has 0 spiro atoms. The molecular formula is C23H24N4O2. The van der Waals surface area contributed by atoms with Crippen molar-refractivity contribution in [2.24, 2.45) is 0 Å². The SMILES string of the molecule is Cc1ccc2c(c1C(C)N1CCCCC1)O/C(=C\c1n[nH]c3ncccc13)C2=O. The number of piperidine rings is 1. The van der Waals surface area contributed by atoms with Crippen molar-refractivity contribution in [3.8, 4) is 5.75 Å². The summed E-state index contributed by atoms with van der Waals surface area (Å²) in [5.74, 6) is 0.930. The van der Waals surface area contributed by atoms with Crippen LogP contribution in [0.4, 0.5) is 0 Å². The van der Waals surface area contributed by atoms with Gasteiger partial charge < -0.3 is 4.74 Å².